The minimum atomic E-state index is -2.11. The molecular formula is C9H9F4NO2. The van der Waals surface area contributed by atoms with Gasteiger partial charge in [0, 0.05) is 0 Å². The van der Waals surface area contributed by atoms with Gasteiger partial charge in [0.15, 0.2) is 23.3 Å². The number of hydrogen-bond acceptors (Lipinski definition) is 2. The van der Waals surface area contributed by atoms with Crippen LogP contribution in [0.4, 0.5) is 23.2 Å². The van der Waals surface area contributed by atoms with Crippen molar-refractivity contribution in [3.05, 3.63) is 28.8 Å². The fourth-order valence-corrected chi connectivity index (χ4v) is 0.836. The molecule has 0 saturated heterocycles. The summed E-state index contributed by atoms with van der Waals surface area (Å²) >= 11 is 0. The molecule has 0 bridgehead atoms. The lowest BCUT2D eigenvalue weighted by atomic mass is 10.1. The molecule has 1 aromatic rings. The molecule has 7 heteroatoms. The first-order valence-corrected chi connectivity index (χ1v) is 4.22. The SMILES string of the molecule is CC.Nc1c(F)c(F)c(C(=O)O)c(F)c1F. The van der Waals surface area contributed by atoms with Gasteiger partial charge in [0.05, 0.1) is 0 Å². The summed E-state index contributed by atoms with van der Waals surface area (Å²) < 4.78 is 50.7. The highest BCUT2D eigenvalue weighted by molar-refractivity contribution is 5.88. The van der Waals surface area contributed by atoms with Crippen molar-refractivity contribution >= 4 is 11.7 Å². The fraction of sp³-hybridized carbons (Fsp3) is 0.222. The standard InChI is InChI=1S/C7H3F4NO2.C2H6/c8-2-1(7(13)14)3(9)5(11)6(12)4(2)10;1-2/h12H2,(H,13,14);1-2H3. The number of benzene rings is 1. The van der Waals surface area contributed by atoms with Crippen LogP contribution >= 0.6 is 0 Å². The van der Waals surface area contributed by atoms with Crippen LogP contribution in [-0.4, -0.2) is 11.1 Å². The predicted octanol–water partition coefficient (Wildman–Crippen LogP) is 2.55. The molecule has 1 aromatic carbocycles. The minimum absolute atomic E-state index is 1.38. The van der Waals surface area contributed by atoms with Crippen molar-refractivity contribution in [2.45, 2.75) is 13.8 Å². The van der Waals surface area contributed by atoms with Gasteiger partial charge in [0.25, 0.3) is 0 Å². The second-order valence-corrected chi connectivity index (χ2v) is 2.35. The zero-order valence-electron chi connectivity index (χ0n) is 8.44. The smallest absolute Gasteiger partial charge is 0.341 e. The minimum Gasteiger partial charge on any atom is -0.477 e. The molecule has 0 aromatic heterocycles. The topological polar surface area (TPSA) is 63.3 Å². The predicted molar refractivity (Wildman–Crippen MR) is 49.0 cm³/mol. The molecule has 90 valence electrons. The maximum atomic E-state index is 12.7. The van der Waals surface area contributed by atoms with E-state index in [1.54, 1.807) is 0 Å². The van der Waals surface area contributed by atoms with Crippen molar-refractivity contribution in [2.75, 3.05) is 5.73 Å². The van der Waals surface area contributed by atoms with Gasteiger partial charge in [-0.3, -0.25) is 0 Å². The van der Waals surface area contributed by atoms with Gasteiger partial charge in [0.2, 0.25) is 0 Å². The molecule has 0 aliphatic rings. The Balaban J connectivity index is 0.00000106. The maximum Gasteiger partial charge on any atom is 0.341 e. The number of carboxylic acid groups (broad SMARTS) is 1. The van der Waals surface area contributed by atoms with E-state index in [0.29, 0.717) is 0 Å². The van der Waals surface area contributed by atoms with Crippen LogP contribution in [0.15, 0.2) is 0 Å². The van der Waals surface area contributed by atoms with E-state index in [4.69, 9.17) is 5.11 Å². The zero-order chi connectivity index (χ0) is 13.0. The van der Waals surface area contributed by atoms with Crippen molar-refractivity contribution in [2.24, 2.45) is 0 Å². The Morgan fingerprint density at radius 1 is 1.00 bits per heavy atom. The summed E-state index contributed by atoms with van der Waals surface area (Å²) in [5.74, 6) is -9.98. The number of aromatic carboxylic acids is 1. The molecule has 0 aliphatic carbocycles. The second kappa shape index (κ2) is 5.34. The van der Waals surface area contributed by atoms with Gasteiger partial charge < -0.3 is 10.8 Å². The van der Waals surface area contributed by atoms with Crippen LogP contribution in [0.25, 0.3) is 0 Å². The lowest BCUT2D eigenvalue weighted by Crippen LogP contribution is -2.12. The van der Waals surface area contributed by atoms with Crippen LogP contribution in [0.1, 0.15) is 24.2 Å². The molecule has 3 nitrogen and oxygen atoms in total. The molecule has 1 rings (SSSR count). The highest BCUT2D eigenvalue weighted by atomic mass is 19.2. The molecule has 3 N–H and O–H groups in total. The third-order valence-corrected chi connectivity index (χ3v) is 1.51. The lowest BCUT2D eigenvalue weighted by Gasteiger charge is -2.05. The summed E-state index contributed by atoms with van der Waals surface area (Å²) in [7, 11) is 0. The number of nitrogen functional groups attached to an aromatic ring is 1. The van der Waals surface area contributed by atoms with E-state index in [9.17, 15) is 22.4 Å². The average molecular weight is 239 g/mol. The summed E-state index contributed by atoms with van der Waals surface area (Å²) in [5, 5.41) is 8.23. The van der Waals surface area contributed by atoms with Crippen LogP contribution in [0.5, 0.6) is 0 Å². The molecule has 0 radical (unpaired) electrons. The quantitative estimate of drug-likeness (QED) is 0.449. The summed E-state index contributed by atoms with van der Waals surface area (Å²) in [5.41, 5.74) is 1.55. The van der Waals surface area contributed by atoms with Gasteiger partial charge in [-0.05, 0) is 0 Å². The highest BCUT2D eigenvalue weighted by Crippen LogP contribution is 2.25. The van der Waals surface area contributed by atoms with E-state index in [1.165, 1.54) is 0 Å². The summed E-state index contributed by atoms with van der Waals surface area (Å²) in [6, 6.07) is 0. The van der Waals surface area contributed by atoms with Gasteiger partial charge >= 0.3 is 5.97 Å². The Hall–Kier alpha value is -1.79. The Morgan fingerprint density at radius 2 is 1.31 bits per heavy atom. The normalized spacial score (nSPS) is 9.38. The lowest BCUT2D eigenvalue weighted by molar-refractivity contribution is 0.0683. The molecule has 0 aliphatic heterocycles. The first kappa shape index (κ1) is 14.2. The Labute approximate surface area is 88.5 Å². The van der Waals surface area contributed by atoms with Crippen molar-refractivity contribution in [1.82, 2.24) is 0 Å². The summed E-state index contributed by atoms with van der Waals surface area (Å²) in [6.45, 7) is 4.00. The van der Waals surface area contributed by atoms with Crippen LogP contribution < -0.4 is 5.73 Å². The van der Waals surface area contributed by atoms with Crippen molar-refractivity contribution in [3.8, 4) is 0 Å². The van der Waals surface area contributed by atoms with E-state index in [1.807, 2.05) is 13.8 Å². The molecular weight excluding hydrogens is 230 g/mol. The number of hydrogen-bond donors (Lipinski definition) is 2. The Morgan fingerprint density at radius 3 is 1.56 bits per heavy atom. The Kier molecular flexibility index (Phi) is 4.74. The fourth-order valence-electron chi connectivity index (χ4n) is 0.836. The number of halogens is 4. The third-order valence-electron chi connectivity index (χ3n) is 1.51. The number of nitrogens with two attached hydrogens (primary N) is 1. The van der Waals surface area contributed by atoms with Gasteiger partial charge in [-0.1, -0.05) is 13.8 Å². The first-order valence-electron chi connectivity index (χ1n) is 4.22. The van der Waals surface area contributed by atoms with Crippen molar-refractivity contribution < 1.29 is 27.5 Å². The molecule has 0 heterocycles. The first-order chi connectivity index (χ1) is 7.37. The monoisotopic (exact) mass is 239 g/mol. The van der Waals surface area contributed by atoms with Crippen molar-refractivity contribution in [3.63, 3.8) is 0 Å². The molecule has 0 amide bonds. The average Bonchev–Trinajstić information content (AvgIpc) is 2.26. The third kappa shape index (κ3) is 2.23. The van der Waals surface area contributed by atoms with E-state index in [-0.39, 0.29) is 0 Å². The molecule has 0 atom stereocenters. The van der Waals surface area contributed by atoms with Gasteiger partial charge in [-0.15, -0.1) is 0 Å². The van der Waals surface area contributed by atoms with Gasteiger partial charge in [-0.25, -0.2) is 22.4 Å². The van der Waals surface area contributed by atoms with E-state index in [2.05, 4.69) is 5.73 Å². The van der Waals surface area contributed by atoms with Crippen LogP contribution in [0.2, 0.25) is 0 Å². The molecule has 0 saturated carbocycles. The number of carbonyl (C=O) groups is 1. The van der Waals surface area contributed by atoms with Gasteiger partial charge in [0.1, 0.15) is 11.3 Å². The van der Waals surface area contributed by atoms with Gasteiger partial charge in [-0.2, -0.15) is 0 Å². The highest BCUT2D eigenvalue weighted by Gasteiger charge is 2.27. The zero-order valence-corrected chi connectivity index (χ0v) is 8.44. The van der Waals surface area contributed by atoms with E-state index < -0.39 is 40.5 Å². The molecule has 0 spiro atoms. The second-order valence-electron chi connectivity index (χ2n) is 2.35. The maximum absolute atomic E-state index is 12.7. The molecule has 16 heavy (non-hydrogen) atoms. The van der Waals surface area contributed by atoms with Crippen LogP contribution in [-0.2, 0) is 0 Å². The number of anilines is 1. The summed E-state index contributed by atoms with van der Waals surface area (Å²) in [6.07, 6.45) is 0. The van der Waals surface area contributed by atoms with Crippen molar-refractivity contribution in [1.29, 1.82) is 0 Å². The van der Waals surface area contributed by atoms with E-state index in [0.717, 1.165) is 0 Å². The number of rotatable bonds is 1. The number of carboxylic acids is 1. The van der Waals surface area contributed by atoms with Crippen LogP contribution in [0.3, 0.4) is 0 Å². The van der Waals surface area contributed by atoms with Crippen LogP contribution in [0, 0.1) is 23.3 Å². The summed E-state index contributed by atoms with van der Waals surface area (Å²) in [4.78, 5) is 10.2. The Bertz CT molecular complexity index is 391. The largest absolute Gasteiger partial charge is 0.477 e. The van der Waals surface area contributed by atoms with E-state index >= 15 is 0 Å². The molecule has 0 unspecified atom stereocenters. The molecule has 0 fully saturated rings.